The lowest BCUT2D eigenvalue weighted by molar-refractivity contribution is -0.114. The van der Waals surface area contributed by atoms with Gasteiger partial charge in [0.05, 0.1) is 6.54 Å². The van der Waals surface area contributed by atoms with Gasteiger partial charge >= 0.3 is 0 Å². The highest BCUT2D eigenvalue weighted by Crippen LogP contribution is 2.11. The highest BCUT2D eigenvalue weighted by molar-refractivity contribution is 5.95. The van der Waals surface area contributed by atoms with Gasteiger partial charge < -0.3 is 15.4 Å². The third kappa shape index (κ3) is 5.43. The molecule has 0 saturated carbocycles. The number of benzene rings is 2. The lowest BCUT2D eigenvalue weighted by Crippen LogP contribution is -2.28. The van der Waals surface area contributed by atoms with E-state index in [0.717, 1.165) is 0 Å². The van der Waals surface area contributed by atoms with Crippen molar-refractivity contribution in [3.63, 3.8) is 0 Å². The number of halogens is 1. The molecule has 2 N–H and O–H groups in total. The second kappa shape index (κ2) is 7.93. The van der Waals surface area contributed by atoms with E-state index >= 15 is 0 Å². The molecule has 5 nitrogen and oxygen atoms in total. The van der Waals surface area contributed by atoms with E-state index in [-0.39, 0.29) is 24.2 Å². The van der Waals surface area contributed by atoms with Gasteiger partial charge in [0, 0.05) is 18.2 Å². The average Bonchev–Trinajstić information content (AvgIpc) is 2.53. The predicted octanol–water partition coefficient (Wildman–Crippen LogP) is 2.59. The van der Waals surface area contributed by atoms with Crippen LogP contribution in [0.5, 0.6) is 5.75 Å². The molecular formula is C17H17FN2O3. The number of amides is 2. The van der Waals surface area contributed by atoms with Gasteiger partial charge in [0.25, 0.3) is 5.91 Å². The van der Waals surface area contributed by atoms with E-state index in [0.29, 0.717) is 23.5 Å². The lowest BCUT2D eigenvalue weighted by atomic mass is 10.2. The maximum Gasteiger partial charge on any atom is 0.251 e. The number of carbonyl (C=O) groups is 2. The van der Waals surface area contributed by atoms with E-state index in [1.165, 1.54) is 31.2 Å². The van der Waals surface area contributed by atoms with Crippen LogP contribution in [0.4, 0.5) is 10.1 Å². The summed E-state index contributed by atoms with van der Waals surface area (Å²) in [4.78, 5) is 22.8. The molecule has 0 saturated heterocycles. The summed E-state index contributed by atoms with van der Waals surface area (Å²) in [5, 5.41) is 5.34. The maximum absolute atomic E-state index is 12.7. The Balaban J connectivity index is 1.76. The first kappa shape index (κ1) is 16.5. The fourth-order valence-corrected chi connectivity index (χ4v) is 1.87. The topological polar surface area (TPSA) is 67.4 Å². The van der Waals surface area contributed by atoms with Crippen LogP contribution in [-0.4, -0.2) is 25.0 Å². The van der Waals surface area contributed by atoms with E-state index in [2.05, 4.69) is 10.6 Å². The Bertz CT molecular complexity index is 669. The third-order valence-corrected chi connectivity index (χ3v) is 2.94. The van der Waals surface area contributed by atoms with Gasteiger partial charge in [-0.3, -0.25) is 9.59 Å². The van der Waals surface area contributed by atoms with E-state index in [9.17, 15) is 14.0 Å². The number of rotatable bonds is 6. The zero-order valence-corrected chi connectivity index (χ0v) is 12.6. The molecule has 2 rings (SSSR count). The Kier molecular flexibility index (Phi) is 5.68. The smallest absolute Gasteiger partial charge is 0.251 e. The summed E-state index contributed by atoms with van der Waals surface area (Å²) in [7, 11) is 0. The minimum atomic E-state index is -0.326. The molecule has 0 spiro atoms. The largest absolute Gasteiger partial charge is 0.492 e. The van der Waals surface area contributed by atoms with Crippen molar-refractivity contribution in [1.82, 2.24) is 5.32 Å². The van der Waals surface area contributed by atoms with Crippen molar-refractivity contribution in [3.8, 4) is 5.75 Å². The lowest BCUT2D eigenvalue weighted by Gasteiger charge is -2.08. The van der Waals surface area contributed by atoms with Crippen LogP contribution in [0.1, 0.15) is 17.3 Å². The molecule has 0 fully saturated rings. The Morgan fingerprint density at radius 3 is 2.30 bits per heavy atom. The number of nitrogens with one attached hydrogen (secondary N) is 2. The minimum absolute atomic E-state index is 0.167. The first-order chi connectivity index (χ1) is 11.0. The summed E-state index contributed by atoms with van der Waals surface area (Å²) < 4.78 is 18.1. The second-order valence-corrected chi connectivity index (χ2v) is 4.82. The van der Waals surface area contributed by atoms with E-state index in [1.807, 2.05) is 0 Å². The van der Waals surface area contributed by atoms with Crippen LogP contribution in [0.3, 0.4) is 0 Å². The maximum atomic E-state index is 12.7. The molecule has 120 valence electrons. The number of ether oxygens (including phenoxy) is 1. The van der Waals surface area contributed by atoms with Gasteiger partial charge in [-0.25, -0.2) is 4.39 Å². The van der Waals surface area contributed by atoms with Crippen LogP contribution in [-0.2, 0) is 4.79 Å². The van der Waals surface area contributed by atoms with Gasteiger partial charge in [0.1, 0.15) is 18.2 Å². The summed E-state index contributed by atoms with van der Waals surface area (Å²) in [6.07, 6.45) is 0. The molecule has 23 heavy (non-hydrogen) atoms. The Morgan fingerprint density at radius 2 is 1.70 bits per heavy atom. The van der Waals surface area contributed by atoms with Crippen LogP contribution in [0, 0.1) is 5.82 Å². The number of anilines is 1. The summed E-state index contributed by atoms with van der Waals surface area (Å²) in [5.41, 5.74) is 1.12. The van der Waals surface area contributed by atoms with Crippen LogP contribution < -0.4 is 15.4 Å². The van der Waals surface area contributed by atoms with E-state index in [1.54, 1.807) is 24.3 Å². The van der Waals surface area contributed by atoms with Crippen molar-refractivity contribution in [1.29, 1.82) is 0 Å². The fraction of sp³-hybridized carbons (Fsp3) is 0.176. The van der Waals surface area contributed by atoms with Crippen LogP contribution in [0.25, 0.3) is 0 Å². The highest BCUT2D eigenvalue weighted by Gasteiger charge is 2.05. The molecule has 0 aliphatic rings. The molecule has 0 aliphatic carbocycles. The third-order valence-electron chi connectivity index (χ3n) is 2.94. The van der Waals surface area contributed by atoms with Crippen molar-refractivity contribution in [2.75, 3.05) is 18.5 Å². The molecule has 0 unspecified atom stereocenters. The normalized spacial score (nSPS) is 10.0. The first-order valence-corrected chi connectivity index (χ1v) is 7.09. The van der Waals surface area contributed by atoms with E-state index in [4.69, 9.17) is 4.74 Å². The molecular weight excluding hydrogens is 299 g/mol. The Hall–Kier alpha value is -2.89. The van der Waals surface area contributed by atoms with E-state index < -0.39 is 0 Å². The van der Waals surface area contributed by atoms with Gasteiger partial charge in [-0.1, -0.05) is 0 Å². The fourth-order valence-electron chi connectivity index (χ4n) is 1.87. The number of hydrogen-bond acceptors (Lipinski definition) is 3. The zero-order chi connectivity index (χ0) is 16.7. The minimum Gasteiger partial charge on any atom is -0.492 e. The molecule has 0 aliphatic heterocycles. The van der Waals surface area contributed by atoms with Crippen molar-refractivity contribution in [2.24, 2.45) is 0 Å². The molecule has 0 atom stereocenters. The molecule has 2 amide bonds. The molecule has 0 aromatic heterocycles. The number of hydrogen-bond donors (Lipinski definition) is 2. The molecule has 6 heteroatoms. The summed E-state index contributed by atoms with van der Waals surface area (Å²) in [6.45, 7) is 2.02. The molecule has 0 bridgehead atoms. The van der Waals surface area contributed by atoms with Crippen molar-refractivity contribution in [3.05, 3.63) is 59.9 Å². The second-order valence-electron chi connectivity index (χ2n) is 4.82. The Morgan fingerprint density at radius 1 is 1.04 bits per heavy atom. The predicted molar refractivity (Wildman–Crippen MR) is 85.0 cm³/mol. The number of carbonyl (C=O) groups excluding carboxylic acids is 2. The Labute approximate surface area is 133 Å². The molecule has 0 radical (unpaired) electrons. The highest BCUT2D eigenvalue weighted by atomic mass is 19.1. The van der Waals surface area contributed by atoms with Crippen molar-refractivity contribution in [2.45, 2.75) is 6.92 Å². The first-order valence-electron chi connectivity index (χ1n) is 7.09. The van der Waals surface area contributed by atoms with Gasteiger partial charge in [-0.2, -0.15) is 0 Å². The summed E-state index contributed by atoms with van der Waals surface area (Å²) in [5.74, 6) is -0.184. The van der Waals surface area contributed by atoms with Crippen molar-refractivity contribution < 1.29 is 18.7 Å². The monoisotopic (exact) mass is 316 g/mol. The van der Waals surface area contributed by atoms with Gasteiger partial charge in [-0.15, -0.1) is 0 Å². The summed E-state index contributed by atoms with van der Waals surface area (Å²) in [6, 6.07) is 12.2. The average molecular weight is 316 g/mol. The molecule has 2 aromatic carbocycles. The quantitative estimate of drug-likeness (QED) is 0.805. The van der Waals surface area contributed by atoms with Crippen LogP contribution in [0.15, 0.2) is 48.5 Å². The van der Waals surface area contributed by atoms with Gasteiger partial charge in [0.15, 0.2) is 0 Å². The summed E-state index contributed by atoms with van der Waals surface area (Å²) >= 11 is 0. The zero-order valence-electron chi connectivity index (χ0n) is 12.6. The van der Waals surface area contributed by atoms with Crippen molar-refractivity contribution >= 4 is 17.5 Å². The SMILES string of the molecule is CC(=O)Nc1ccc(C(=O)NCCOc2ccc(F)cc2)cc1. The standard InChI is InChI=1S/C17H17FN2O3/c1-12(21)20-15-6-2-13(3-7-15)17(22)19-10-11-23-16-8-4-14(18)5-9-16/h2-9H,10-11H2,1H3,(H,19,22)(H,20,21). The van der Waals surface area contributed by atoms with Gasteiger partial charge in [0.2, 0.25) is 5.91 Å². The molecule has 0 heterocycles. The van der Waals surface area contributed by atoms with Crippen LogP contribution in [0.2, 0.25) is 0 Å². The van der Waals surface area contributed by atoms with Gasteiger partial charge in [-0.05, 0) is 48.5 Å². The molecule has 2 aromatic rings. The van der Waals surface area contributed by atoms with Crippen LogP contribution >= 0.6 is 0 Å².